The summed E-state index contributed by atoms with van der Waals surface area (Å²) in [6.07, 6.45) is 7.66. The molecule has 2 aliphatic carbocycles. The summed E-state index contributed by atoms with van der Waals surface area (Å²) in [6, 6.07) is 0.148. The fourth-order valence-corrected chi connectivity index (χ4v) is 3.29. The first kappa shape index (κ1) is 13.1. The molecule has 114 valence electrons. The summed E-state index contributed by atoms with van der Waals surface area (Å²) in [6.45, 7) is 1.93. The molecule has 1 unspecified atom stereocenters. The molecular weight excluding hydrogens is 270 g/mol. The summed E-state index contributed by atoms with van der Waals surface area (Å²) in [5.41, 5.74) is 1.04. The van der Waals surface area contributed by atoms with E-state index >= 15 is 0 Å². The zero-order chi connectivity index (χ0) is 14.2. The van der Waals surface area contributed by atoms with Crippen LogP contribution in [-0.4, -0.2) is 41.9 Å². The Hall–Kier alpha value is -1.56. The normalized spacial score (nSPS) is 26.5. The van der Waals surface area contributed by atoms with Crippen molar-refractivity contribution in [3.8, 4) is 0 Å². The number of ether oxygens (including phenoxy) is 1. The quantitative estimate of drug-likeness (QED) is 0.929. The minimum absolute atomic E-state index is 0.0639. The first-order valence-electron chi connectivity index (χ1n) is 7.92. The van der Waals surface area contributed by atoms with Gasteiger partial charge in [0.2, 0.25) is 0 Å². The number of aromatic nitrogens is 1. The summed E-state index contributed by atoms with van der Waals surface area (Å²) in [4.78, 5) is 14.5. The molecular formula is C15H21N3O3. The number of amides is 2. The number of nitrogens with one attached hydrogen (secondary N) is 1. The van der Waals surface area contributed by atoms with E-state index in [1.807, 2.05) is 4.90 Å². The van der Waals surface area contributed by atoms with Crippen molar-refractivity contribution < 1.29 is 14.1 Å². The topological polar surface area (TPSA) is 67.6 Å². The molecule has 4 rings (SSSR count). The van der Waals surface area contributed by atoms with Gasteiger partial charge >= 0.3 is 6.03 Å². The van der Waals surface area contributed by atoms with E-state index in [0.29, 0.717) is 37.4 Å². The van der Waals surface area contributed by atoms with Crippen LogP contribution in [0.3, 0.4) is 0 Å². The van der Waals surface area contributed by atoms with Crippen molar-refractivity contribution in [1.82, 2.24) is 10.1 Å². The van der Waals surface area contributed by atoms with Gasteiger partial charge in [0, 0.05) is 12.1 Å². The molecule has 6 heteroatoms. The van der Waals surface area contributed by atoms with E-state index in [-0.39, 0.29) is 12.1 Å². The molecule has 1 saturated heterocycles. The number of nitrogens with zero attached hydrogens (tertiary/aromatic N) is 2. The van der Waals surface area contributed by atoms with Crippen molar-refractivity contribution in [1.29, 1.82) is 0 Å². The number of hydrogen-bond donors (Lipinski definition) is 1. The van der Waals surface area contributed by atoms with Gasteiger partial charge in [-0.25, -0.2) is 4.79 Å². The van der Waals surface area contributed by atoms with E-state index < -0.39 is 0 Å². The monoisotopic (exact) mass is 291 g/mol. The Labute approximate surface area is 123 Å². The van der Waals surface area contributed by atoms with E-state index in [9.17, 15) is 4.79 Å². The summed E-state index contributed by atoms with van der Waals surface area (Å²) in [5.74, 6) is 1.70. The molecule has 1 aromatic rings. The summed E-state index contributed by atoms with van der Waals surface area (Å²) in [7, 11) is 0. The molecule has 0 bridgehead atoms. The number of hydrogen-bond acceptors (Lipinski definition) is 4. The number of morpholine rings is 1. The second-order valence-electron chi connectivity index (χ2n) is 6.35. The summed E-state index contributed by atoms with van der Waals surface area (Å²) < 4.78 is 10.6. The predicted octanol–water partition coefficient (Wildman–Crippen LogP) is 2.58. The lowest BCUT2D eigenvalue weighted by Crippen LogP contribution is -2.54. The molecule has 1 N–H and O–H groups in total. The van der Waals surface area contributed by atoms with Crippen LogP contribution in [0.1, 0.15) is 43.6 Å². The minimum Gasteiger partial charge on any atom is -0.377 e. The molecule has 3 aliphatic rings. The van der Waals surface area contributed by atoms with Gasteiger partial charge in [0.1, 0.15) is 6.26 Å². The fraction of sp³-hybridized carbons (Fsp3) is 0.733. The molecule has 0 radical (unpaired) electrons. The Balaban J connectivity index is 1.46. The van der Waals surface area contributed by atoms with Crippen molar-refractivity contribution in [3.63, 3.8) is 0 Å². The number of carbonyl (C=O) groups excluding carboxylic acids is 1. The van der Waals surface area contributed by atoms with Crippen molar-refractivity contribution in [2.24, 2.45) is 5.92 Å². The van der Waals surface area contributed by atoms with Crippen molar-refractivity contribution >= 4 is 11.8 Å². The zero-order valence-electron chi connectivity index (χ0n) is 12.1. The van der Waals surface area contributed by atoms with Gasteiger partial charge in [-0.1, -0.05) is 11.6 Å². The van der Waals surface area contributed by atoms with Gasteiger partial charge < -0.3 is 14.2 Å². The Morgan fingerprint density at radius 2 is 2.19 bits per heavy atom. The highest BCUT2D eigenvalue weighted by atomic mass is 16.5. The maximum absolute atomic E-state index is 12.6. The van der Waals surface area contributed by atoms with Crippen LogP contribution in [0, 0.1) is 5.92 Å². The van der Waals surface area contributed by atoms with Gasteiger partial charge in [-0.3, -0.25) is 5.32 Å². The predicted molar refractivity (Wildman–Crippen MR) is 76.2 cm³/mol. The number of anilines is 1. The Morgan fingerprint density at radius 1 is 1.33 bits per heavy atom. The molecule has 21 heavy (non-hydrogen) atoms. The molecule has 3 fully saturated rings. The minimum atomic E-state index is -0.0639. The Bertz CT molecular complexity index is 522. The molecule has 1 aliphatic heterocycles. The Kier molecular flexibility index (Phi) is 3.33. The second-order valence-corrected chi connectivity index (χ2v) is 6.35. The van der Waals surface area contributed by atoms with Crippen LogP contribution in [0.25, 0.3) is 0 Å². The Morgan fingerprint density at radius 3 is 2.90 bits per heavy atom. The van der Waals surface area contributed by atoms with Gasteiger partial charge in [-0.15, -0.1) is 0 Å². The molecule has 2 heterocycles. The standard InChI is InChI=1S/C15H21N3O3/c19-15(16-14-12(8-21-17-14)10-4-5-10)18-6-7-20-9-13(18)11-2-1-3-11/h8,10-11,13H,1-7,9H2,(H,16,17,19). The van der Waals surface area contributed by atoms with Crippen molar-refractivity contribution in [2.75, 3.05) is 25.1 Å². The van der Waals surface area contributed by atoms with E-state index in [1.165, 1.54) is 19.3 Å². The highest BCUT2D eigenvalue weighted by molar-refractivity contribution is 5.89. The van der Waals surface area contributed by atoms with Crippen LogP contribution in [-0.2, 0) is 4.74 Å². The maximum atomic E-state index is 12.6. The average Bonchev–Trinajstić information content (AvgIpc) is 3.18. The van der Waals surface area contributed by atoms with Gasteiger partial charge in [-0.2, -0.15) is 0 Å². The maximum Gasteiger partial charge on any atom is 0.323 e. The summed E-state index contributed by atoms with van der Waals surface area (Å²) in [5, 5.41) is 6.89. The van der Waals surface area contributed by atoms with Crippen LogP contribution in [0.5, 0.6) is 0 Å². The molecule has 0 spiro atoms. The molecule has 2 saturated carbocycles. The van der Waals surface area contributed by atoms with Crippen molar-refractivity contribution in [2.45, 2.75) is 44.1 Å². The van der Waals surface area contributed by atoms with Crippen LogP contribution in [0.2, 0.25) is 0 Å². The number of urea groups is 1. The largest absolute Gasteiger partial charge is 0.377 e. The zero-order valence-corrected chi connectivity index (χ0v) is 12.1. The molecule has 2 amide bonds. The van der Waals surface area contributed by atoms with E-state index in [0.717, 1.165) is 18.4 Å². The van der Waals surface area contributed by atoms with Crippen LogP contribution in [0.4, 0.5) is 10.6 Å². The van der Waals surface area contributed by atoms with E-state index in [2.05, 4.69) is 10.5 Å². The second kappa shape index (κ2) is 5.33. The smallest absolute Gasteiger partial charge is 0.323 e. The van der Waals surface area contributed by atoms with Gasteiger partial charge in [0.25, 0.3) is 0 Å². The molecule has 0 aromatic carbocycles. The van der Waals surface area contributed by atoms with Crippen LogP contribution < -0.4 is 5.32 Å². The highest BCUT2D eigenvalue weighted by Crippen LogP contribution is 2.43. The fourth-order valence-electron chi connectivity index (χ4n) is 3.29. The van der Waals surface area contributed by atoms with Gasteiger partial charge in [-0.05, 0) is 37.5 Å². The van der Waals surface area contributed by atoms with E-state index in [1.54, 1.807) is 6.26 Å². The van der Waals surface area contributed by atoms with Gasteiger partial charge in [0.05, 0.1) is 19.3 Å². The lowest BCUT2D eigenvalue weighted by Gasteiger charge is -2.43. The first-order valence-corrected chi connectivity index (χ1v) is 7.92. The number of rotatable bonds is 3. The first-order chi connectivity index (χ1) is 10.3. The highest BCUT2D eigenvalue weighted by Gasteiger charge is 2.37. The van der Waals surface area contributed by atoms with Crippen LogP contribution >= 0.6 is 0 Å². The molecule has 1 aromatic heterocycles. The summed E-state index contributed by atoms with van der Waals surface area (Å²) >= 11 is 0. The van der Waals surface area contributed by atoms with E-state index in [4.69, 9.17) is 9.26 Å². The van der Waals surface area contributed by atoms with Crippen molar-refractivity contribution in [3.05, 3.63) is 11.8 Å². The lowest BCUT2D eigenvalue weighted by atomic mass is 9.79. The third-order valence-electron chi connectivity index (χ3n) is 4.96. The third-order valence-corrected chi connectivity index (χ3v) is 4.96. The van der Waals surface area contributed by atoms with Gasteiger partial charge in [0.15, 0.2) is 5.82 Å². The molecule has 1 atom stereocenters. The lowest BCUT2D eigenvalue weighted by molar-refractivity contribution is -0.0216. The average molecular weight is 291 g/mol. The van der Waals surface area contributed by atoms with Crippen LogP contribution in [0.15, 0.2) is 10.8 Å². The SMILES string of the molecule is O=C(Nc1nocc1C1CC1)N1CCOCC1C1CCC1. The molecule has 6 nitrogen and oxygen atoms in total. The number of carbonyl (C=O) groups is 1. The third kappa shape index (κ3) is 2.52.